The van der Waals surface area contributed by atoms with E-state index in [2.05, 4.69) is 15.9 Å². The number of alkyl halides is 1. The van der Waals surface area contributed by atoms with Crippen molar-refractivity contribution in [3.05, 3.63) is 42.2 Å². The van der Waals surface area contributed by atoms with E-state index in [1.807, 2.05) is 18.2 Å². The second-order valence-corrected chi connectivity index (χ2v) is 4.31. The van der Waals surface area contributed by atoms with E-state index in [1.54, 1.807) is 6.07 Å². The minimum absolute atomic E-state index is 0.232. The molecule has 0 heterocycles. The summed E-state index contributed by atoms with van der Waals surface area (Å²) in [6.07, 6.45) is 0.936. The molecular formula is C13H12BrFO. The highest BCUT2D eigenvalue weighted by molar-refractivity contribution is 9.09. The Morgan fingerprint density at radius 1 is 1.19 bits per heavy atom. The summed E-state index contributed by atoms with van der Waals surface area (Å²) in [5, 5.41) is 2.74. The number of halogens is 2. The van der Waals surface area contributed by atoms with E-state index < -0.39 is 0 Å². The fraction of sp³-hybridized carbons (Fsp3) is 0.231. The zero-order chi connectivity index (χ0) is 11.4. The van der Waals surface area contributed by atoms with Crippen molar-refractivity contribution in [1.82, 2.24) is 0 Å². The van der Waals surface area contributed by atoms with Gasteiger partial charge in [-0.1, -0.05) is 34.1 Å². The van der Waals surface area contributed by atoms with Crippen LogP contribution in [0.4, 0.5) is 4.39 Å². The Hall–Kier alpha value is -1.09. The molecule has 16 heavy (non-hydrogen) atoms. The van der Waals surface area contributed by atoms with Crippen LogP contribution in [0.3, 0.4) is 0 Å². The summed E-state index contributed by atoms with van der Waals surface area (Å²) in [5.41, 5.74) is 0. The molecule has 0 saturated carbocycles. The van der Waals surface area contributed by atoms with E-state index in [9.17, 15) is 4.39 Å². The quantitative estimate of drug-likeness (QED) is 0.605. The molecule has 0 amide bonds. The number of hydrogen-bond acceptors (Lipinski definition) is 1. The van der Waals surface area contributed by atoms with Crippen LogP contribution in [0.2, 0.25) is 0 Å². The summed E-state index contributed by atoms with van der Waals surface area (Å²) < 4.78 is 18.8. The van der Waals surface area contributed by atoms with Gasteiger partial charge in [0.05, 0.1) is 6.61 Å². The fourth-order valence-electron chi connectivity index (χ4n) is 1.58. The maximum Gasteiger partial charge on any atom is 0.127 e. The van der Waals surface area contributed by atoms with Gasteiger partial charge in [0, 0.05) is 10.7 Å². The lowest BCUT2D eigenvalue weighted by atomic mass is 10.1. The second kappa shape index (κ2) is 5.30. The predicted octanol–water partition coefficient (Wildman–Crippen LogP) is 4.14. The third-order valence-corrected chi connectivity index (χ3v) is 2.90. The minimum Gasteiger partial charge on any atom is -0.493 e. The maximum atomic E-state index is 13.1. The van der Waals surface area contributed by atoms with Crippen molar-refractivity contribution in [2.45, 2.75) is 6.42 Å². The minimum atomic E-state index is -0.232. The van der Waals surface area contributed by atoms with Crippen LogP contribution in [0.5, 0.6) is 5.75 Å². The van der Waals surface area contributed by atoms with Crippen molar-refractivity contribution in [1.29, 1.82) is 0 Å². The Kier molecular flexibility index (Phi) is 3.78. The molecule has 0 unspecified atom stereocenters. The van der Waals surface area contributed by atoms with E-state index in [0.717, 1.165) is 28.3 Å². The molecule has 1 nitrogen and oxygen atoms in total. The molecule has 0 fully saturated rings. The van der Waals surface area contributed by atoms with Crippen molar-refractivity contribution in [3.8, 4) is 5.75 Å². The first-order valence-corrected chi connectivity index (χ1v) is 6.30. The predicted molar refractivity (Wildman–Crippen MR) is 67.8 cm³/mol. The summed E-state index contributed by atoms with van der Waals surface area (Å²) in [4.78, 5) is 0. The molecule has 0 aromatic heterocycles. The van der Waals surface area contributed by atoms with E-state index in [1.165, 1.54) is 12.1 Å². The van der Waals surface area contributed by atoms with Crippen molar-refractivity contribution >= 4 is 26.7 Å². The van der Waals surface area contributed by atoms with E-state index in [-0.39, 0.29) is 5.82 Å². The normalized spacial score (nSPS) is 10.6. The van der Waals surface area contributed by atoms with Gasteiger partial charge in [0.25, 0.3) is 0 Å². The molecule has 0 saturated heterocycles. The first-order chi connectivity index (χ1) is 7.81. The highest BCUT2D eigenvalue weighted by Gasteiger charge is 2.02. The van der Waals surface area contributed by atoms with Crippen molar-refractivity contribution in [2.24, 2.45) is 0 Å². The van der Waals surface area contributed by atoms with E-state index >= 15 is 0 Å². The lowest BCUT2D eigenvalue weighted by Gasteiger charge is -2.08. The summed E-state index contributed by atoms with van der Waals surface area (Å²) in [5.74, 6) is 0.516. The first kappa shape index (κ1) is 11.4. The number of rotatable bonds is 4. The molecule has 0 aliphatic carbocycles. The van der Waals surface area contributed by atoms with E-state index in [0.29, 0.717) is 6.61 Å². The average molecular weight is 283 g/mol. The fourth-order valence-corrected chi connectivity index (χ4v) is 1.81. The van der Waals surface area contributed by atoms with Gasteiger partial charge in [-0.15, -0.1) is 0 Å². The first-order valence-electron chi connectivity index (χ1n) is 5.18. The summed E-state index contributed by atoms with van der Waals surface area (Å²) in [6.45, 7) is 0.640. The maximum absolute atomic E-state index is 13.1. The van der Waals surface area contributed by atoms with Gasteiger partial charge in [-0.05, 0) is 30.0 Å². The zero-order valence-corrected chi connectivity index (χ0v) is 10.3. The van der Waals surface area contributed by atoms with Gasteiger partial charge in [-0.2, -0.15) is 0 Å². The SMILES string of the molecule is Fc1ccc2cccc(OCCCBr)c2c1. The molecule has 0 aliphatic heterocycles. The van der Waals surface area contributed by atoms with Crippen LogP contribution in [-0.2, 0) is 0 Å². The van der Waals surface area contributed by atoms with Gasteiger partial charge in [-0.3, -0.25) is 0 Å². The highest BCUT2D eigenvalue weighted by Crippen LogP contribution is 2.26. The van der Waals surface area contributed by atoms with Crippen LogP contribution in [0, 0.1) is 5.82 Å². The van der Waals surface area contributed by atoms with Crippen LogP contribution in [0.15, 0.2) is 36.4 Å². The van der Waals surface area contributed by atoms with Crippen molar-refractivity contribution in [2.75, 3.05) is 11.9 Å². The molecule has 2 rings (SSSR count). The third kappa shape index (κ3) is 2.53. The molecular weight excluding hydrogens is 271 g/mol. The van der Waals surface area contributed by atoms with Crippen LogP contribution in [0.1, 0.15) is 6.42 Å². The van der Waals surface area contributed by atoms with Crippen molar-refractivity contribution < 1.29 is 9.13 Å². The van der Waals surface area contributed by atoms with Gasteiger partial charge in [-0.25, -0.2) is 4.39 Å². The van der Waals surface area contributed by atoms with Gasteiger partial charge in [0.2, 0.25) is 0 Å². The Bertz CT molecular complexity index is 484. The molecule has 0 bridgehead atoms. The molecule has 2 aromatic carbocycles. The number of fused-ring (bicyclic) bond motifs is 1. The second-order valence-electron chi connectivity index (χ2n) is 3.51. The monoisotopic (exact) mass is 282 g/mol. The van der Waals surface area contributed by atoms with Gasteiger partial charge in [0.1, 0.15) is 11.6 Å². The summed E-state index contributed by atoms with van der Waals surface area (Å²) in [7, 11) is 0. The largest absolute Gasteiger partial charge is 0.493 e. The average Bonchev–Trinajstić information content (AvgIpc) is 2.30. The third-order valence-electron chi connectivity index (χ3n) is 2.34. The number of benzene rings is 2. The Morgan fingerprint density at radius 2 is 2.06 bits per heavy atom. The molecule has 0 atom stereocenters. The Balaban J connectivity index is 2.32. The molecule has 0 spiro atoms. The molecule has 3 heteroatoms. The van der Waals surface area contributed by atoms with Gasteiger partial charge >= 0.3 is 0 Å². The summed E-state index contributed by atoms with van der Waals surface area (Å²) in [6, 6.07) is 10.5. The lowest BCUT2D eigenvalue weighted by molar-refractivity contribution is 0.323. The van der Waals surface area contributed by atoms with Crippen molar-refractivity contribution in [3.63, 3.8) is 0 Å². The Labute approximate surface area is 102 Å². The van der Waals surface area contributed by atoms with Gasteiger partial charge in [0.15, 0.2) is 0 Å². The molecule has 0 radical (unpaired) electrons. The molecule has 0 N–H and O–H groups in total. The number of hydrogen-bond donors (Lipinski definition) is 0. The van der Waals surface area contributed by atoms with Crippen LogP contribution >= 0.6 is 15.9 Å². The standard InChI is InChI=1S/C13H12BrFO/c14-7-2-8-16-13-4-1-3-10-5-6-11(15)9-12(10)13/h1,3-6,9H,2,7-8H2. The topological polar surface area (TPSA) is 9.23 Å². The van der Waals surface area contributed by atoms with Crippen LogP contribution < -0.4 is 4.74 Å². The lowest BCUT2D eigenvalue weighted by Crippen LogP contribution is -1.98. The summed E-state index contributed by atoms with van der Waals surface area (Å²) >= 11 is 3.34. The van der Waals surface area contributed by atoms with Crippen LogP contribution in [0.25, 0.3) is 10.8 Å². The highest BCUT2D eigenvalue weighted by atomic mass is 79.9. The molecule has 2 aromatic rings. The Morgan fingerprint density at radius 3 is 2.88 bits per heavy atom. The molecule has 0 aliphatic rings. The molecule has 84 valence electrons. The smallest absolute Gasteiger partial charge is 0.127 e. The van der Waals surface area contributed by atoms with Crippen LogP contribution in [-0.4, -0.2) is 11.9 Å². The van der Waals surface area contributed by atoms with E-state index in [4.69, 9.17) is 4.74 Å². The number of ether oxygens (including phenoxy) is 1. The van der Waals surface area contributed by atoms with Gasteiger partial charge < -0.3 is 4.74 Å². The zero-order valence-electron chi connectivity index (χ0n) is 8.75.